The van der Waals surface area contributed by atoms with Crippen molar-refractivity contribution < 1.29 is 17.9 Å². The summed E-state index contributed by atoms with van der Waals surface area (Å²) in [4.78, 5) is 14.6. The summed E-state index contributed by atoms with van der Waals surface area (Å²) < 4.78 is 28.5. The van der Waals surface area contributed by atoms with E-state index in [0.29, 0.717) is 24.7 Å². The number of rotatable bonds is 9. The summed E-state index contributed by atoms with van der Waals surface area (Å²) in [5.74, 6) is 1.45. The maximum atomic E-state index is 12.3. The number of hydrogen-bond donors (Lipinski definition) is 1. The van der Waals surface area contributed by atoms with Gasteiger partial charge in [-0.05, 0) is 69.5 Å². The average molecular weight is 419 g/mol. The molecule has 0 spiro atoms. The maximum absolute atomic E-state index is 12.3. The van der Waals surface area contributed by atoms with E-state index in [2.05, 4.69) is 5.32 Å². The first-order valence-corrected chi connectivity index (χ1v) is 11.1. The number of ether oxygens (including phenoxy) is 1. The summed E-state index contributed by atoms with van der Waals surface area (Å²) in [6.07, 6.45) is 5.62. The average Bonchev–Trinajstić information content (AvgIpc) is 2.61. The van der Waals surface area contributed by atoms with Gasteiger partial charge in [-0.1, -0.05) is 0 Å². The van der Waals surface area contributed by atoms with Gasteiger partial charge in [-0.3, -0.25) is 4.79 Å². The molecular formula is C19H31ClN2O4S. The van der Waals surface area contributed by atoms with Crippen molar-refractivity contribution in [3.05, 3.63) is 24.3 Å². The molecule has 1 amide bonds. The molecule has 6 nitrogen and oxygen atoms in total. The van der Waals surface area contributed by atoms with Crippen molar-refractivity contribution in [2.24, 2.45) is 5.92 Å². The van der Waals surface area contributed by atoms with Gasteiger partial charge in [0.25, 0.3) is 0 Å². The van der Waals surface area contributed by atoms with Gasteiger partial charge in [0.05, 0.1) is 11.5 Å². The molecule has 1 aromatic carbocycles. The summed E-state index contributed by atoms with van der Waals surface area (Å²) in [6.45, 7) is 3.23. The van der Waals surface area contributed by atoms with E-state index in [1.165, 1.54) is 12.7 Å². The fourth-order valence-corrected chi connectivity index (χ4v) is 3.89. The number of piperidine rings is 1. The Bertz CT molecular complexity index is 677. The van der Waals surface area contributed by atoms with Crippen molar-refractivity contribution in [3.8, 4) is 5.75 Å². The first kappa shape index (κ1) is 23.7. The van der Waals surface area contributed by atoms with Gasteiger partial charge in [0.1, 0.15) is 5.75 Å². The Labute approximate surface area is 169 Å². The SMILES string of the molecule is CNCC1CCCN(C(=O)CCCCOc2ccc(S(C)(=O)=O)cc2)C1.Cl. The van der Waals surface area contributed by atoms with Crippen LogP contribution in [0.15, 0.2) is 29.2 Å². The molecule has 1 aromatic rings. The van der Waals surface area contributed by atoms with E-state index in [0.717, 1.165) is 38.9 Å². The first-order valence-electron chi connectivity index (χ1n) is 9.25. The fourth-order valence-electron chi connectivity index (χ4n) is 3.26. The molecule has 2 rings (SSSR count). The summed E-state index contributed by atoms with van der Waals surface area (Å²) in [7, 11) is -1.22. The van der Waals surface area contributed by atoms with Crippen LogP contribution in [0.25, 0.3) is 0 Å². The number of hydrogen-bond acceptors (Lipinski definition) is 5. The highest BCUT2D eigenvalue weighted by molar-refractivity contribution is 7.90. The van der Waals surface area contributed by atoms with Crippen LogP contribution in [0, 0.1) is 5.92 Å². The van der Waals surface area contributed by atoms with Gasteiger partial charge >= 0.3 is 0 Å². The quantitative estimate of drug-likeness (QED) is 0.623. The smallest absolute Gasteiger partial charge is 0.222 e. The predicted octanol–water partition coefficient (Wildman–Crippen LogP) is 2.52. The van der Waals surface area contributed by atoms with Crippen molar-refractivity contribution in [2.75, 3.05) is 39.5 Å². The minimum Gasteiger partial charge on any atom is -0.494 e. The molecule has 0 radical (unpaired) electrons. The number of halogens is 1. The summed E-state index contributed by atoms with van der Waals surface area (Å²) in [6, 6.07) is 6.42. The summed E-state index contributed by atoms with van der Waals surface area (Å²) >= 11 is 0. The zero-order valence-electron chi connectivity index (χ0n) is 16.1. The Kier molecular flexibility index (Phi) is 10.1. The van der Waals surface area contributed by atoms with E-state index in [-0.39, 0.29) is 23.2 Å². The predicted molar refractivity (Wildman–Crippen MR) is 109 cm³/mol. The largest absolute Gasteiger partial charge is 0.494 e. The van der Waals surface area contributed by atoms with Crippen LogP contribution in [0.1, 0.15) is 32.1 Å². The molecular weight excluding hydrogens is 388 g/mol. The van der Waals surface area contributed by atoms with E-state index in [9.17, 15) is 13.2 Å². The molecule has 1 unspecified atom stereocenters. The monoisotopic (exact) mass is 418 g/mol. The number of carbonyl (C=O) groups excluding carboxylic acids is 1. The zero-order chi connectivity index (χ0) is 19.0. The molecule has 1 heterocycles. The molecule has 1 aliphatic rings. The Hall–Kier alpha value is -1.31. The number of nitrogens with zero attached hydrogens (tertiary/aromatic N) is 1. The number of likely N-dealkylation sites (tertiary alicyclic amines) is 1. The van der Waals surface area contributed by atoms with Crippen LogP contribution in [-0.2, 0) is 14.6 Å². The molecule has 0 aromatic heterocycles. The molecule has 0 bridgehead atoms. The van der Waals surface area contributed by atoms with Crippen molar-refractivity contribution in [1.29, 1.82) is 0 Å². The normalized spacial score (nSPS) is 17.3. The van der Waals surface area contributed by atoms with E-state index in [1.54, 1.807) is 24.3 Å². The number of sulfone groups is 1. The lowest BCUT2D eigenvalue weighted by Gasteiger charge is -2.32. The third-order valence-corrected chi connectivity index (χ3v) is 5.80. The van der Waals surface area contributed by atoms with Crippen LogP contribution in [0.4, 0.5) is 0 Å². The minimum absolute atomic E-state index is 0. The molecule has 1 aliphatic heterocycles. The number of carbonyl (C=O) groups is 1. The molecule has 8 heteroatoms. The molecule has 1 atom stereocenters. The van der Waals surface area contributed by atoms with Gasteiger partial charge < -0.3 is 15.0 Å². The number of nitrogens with one attached hydrogen (secondary N) is 1. The second-order valence-electron chi connectivity index (χ2n) is 6.95. The van der Waals surface area contributed by atoms with Crippen LogP contribution in [-0.4, -0.2) is 58.8 Å². The van der Waals surface area contributed by atoms with Crippen LogP contribution >= 0.6 is 12.4 Å². The molecule has 27 heavy (non-hydrogen) atoms. The van der Waals surface area contributed by atoms with E-state index in [1.807, 2.05) is 11.9 Å². The molecule has 1 saturated heterocycles. The highest BCUT2D eigenvalue weighted by Crippen LogP contribution is 2.18. The summed E-state index contributed by atoms with van der Waals surface area (Å²) in [5, 5.41) is 3.20. The lowest BCUT2D eigenvalue weighted by Crippen LogP contribution is -2.42. The van der Waals surface area contributed by atoms with Gasteiger partial charge in [0.2, 0.25) is 5.91 Å². The lowest BCUT2D eigenvalue weighted by atomic mass is 9.97. The fraction of sp³-hybridized carbons (Fsp3) is 0.632. The van der Waals surface area contributed by atoms with Crippen molar-refractivity contribution >= 4 is 28.2 Å². The first-order chi connectivity index (χ1) is 12.4. The molecule has 0 saturated carbocycles. The third kappa shape index (κ3) is 8.07. The Morgan fingerprint density at radius 3 is 2.59 bits per heavy atom. The van der Waals surface area contributed by atoms with Gasteiger partial charge in [-0.25, -0.2) is 8.42 Å². The standard InChI is InChI=1S/C19H30N2O4S.ClH/c1-20-14-16-6-5-12-21(15-16)19(22)7-3-4-13-25-17-8-10-18(11-9-17)26(2,23)24;/h8-11,16,20H,3-7,12-15H2,1-2H3;1H. The van der Waals surface area contributed by atoms with Crippen LogP contribution in [0.2, 0.25) is 0 Å². The second-order valence-corrected chi connectivity index (χ2v) is 8.97. The zero-order valence-corrected chi connectivity index (χ0v) is 17.8. The second kappa shape index (κ2) is 11.5. The van der Waals surface area contributed by atoms with E-state index >= 15 is 0 Å². The highest BCUT2D eigenvalue weighted by atomic mass is 35.5. The summed E-state index contributed by atoms with van der Waals surface area (Å²) in [5.41, 5.74) is 0. The van der Waals surface area contributed by atoms with Crippen molar-refractivity contribution in [2.45, 2.75) is 37.0 Å². The Morgan fingerprint density at radius 1 is 1.26 bits per heavy atom. The van der Waals surface area contributed by atoms with Gasteiger partial charge in [0.15, 0.2) is 9.84 Å². The van der Waals surface area contributed by atoms with Crippen LogP contribution in [0.3, 0.4) is 0 Å². The molecule has 1 fully saturated rings. The minimum atomic E-state index is -3.18. The Morgan fingerprint density at radius 2 is 1.96 bits per heavy atom. The Balaban J connectivity index is 0.00000364. The van der Waals surface area contributed by atoms with E-state index < -0.39 is 9.84 Å². The topological polar surface area (TPSA) is 75.7 Å². The maximum Gasteiger partial charge on any atom is 0.222 e. The van der Waals surface area contributed by atoms with Crippen molar-refractivity contribution in [1.82, 2.24) is 10.2 Å². The van der Waals surface area contributed by atoms with Crippen molar-refractivity contribution in [3.63, 3.8) is 0 Å². The van der Waals surface area contributed by atoms with E-state index in [4.69, 9.17) is 4.74 Å². The highest BCUT2D eigenvalue weighted by Gasteiger charge is 2.22. The number of amides is 1. The molecule has 154 valence electrons. The van der Waals surface area contributed by atoms with Gasteiger partial charge in [-0.2, -0.15) is 0 Å². The number of unbranched alkanes of at least 4 members (excludes halogenated alkanes) is 1. The van der Waals surface area contributed by atoms with Gasteiger partial charge in [-0.15, -0.1) is 12.4 Å². The molecule has 1 N–H and O–H groups in total. The third-order valence-electron chi connectivity index (χ3n) is 4.67. The van der Waals surface area contributed by atoms with Gasteiger partial charge in [0, 0.05) is 25.8 Å². The van der Waals surface area contributed by atoms with Crippen LogP contribution < -0.4 is 10.1 Å². The number of benzene rings is 1. The van der Waals surface area contributed by atoms with Crippen LogP contribution in [0.5, 0.6) is 5.75 Å². The molecule has 0 aliphatic carbocycles. The lowest BCUT2D eigenvalue weighted by molar-refractivity contribution is -0.133.